The normalized spacial score (nSPS) is 18.6. The third kappa shape index (κ3) is 3.47. The lowest BCUT2D eigenvalue weighted by Gasteiger charge is -2.28. The highest BCUT2D eigenvalue weighted by atomic mass is 16.5. The molecule has 0 bridgehead atoms. The van der Waals surface area contributed by atoms with Crippen molar-refractivity contribution >= 4 is 5.69 Å². The summed E-state index contributed by atoms with van der Waals surface area (Å²) in [5.41, 5.74) is 2.18. The molecule has 1 heterocycles. The van der Waals surface area contributed by atoms with Crippen LogP contribution in [0.1, 0.15) is 31.4 Å². The summed E-state index contributed by atoms with van der Waals surface area (Å²) in [5, 5.41) is 9.49. The van der Waals surface area contributed by atoms with Crippen LogP contribution in [-0.4, -0.2) is 31.9 Å². The van der Waals surface area contributed by atoms with Gasteiger partial charge < -0.3 is 14.7 Å². The summed E-state index contributed by atoms with van der Waals surface area (Å²) in [6.45, 7) is 4.68. The Morgan fingerprint density at radius 3 is 2.44 bits per heavy atom. The van der Waals surface area contributed by atoms with Crippen molar-refractivity contribution in [1.82, 2.24) is 0 Å². The van der Waals surface area contributed by atoms with Crippen LogP contribution in [0.5, 0.6) is 0 Å². The van der Waals surface area contributed by atoms with E-state index in [0.29, 0.717) is 0 Å². The van der Waals surface area contributed by atoms with E-state index < -0.39 is 0 Å². The molecule has 0 aliphatic carbocycles. The van der Waals surface area contributed by atoms with Crippen molar-refractivity contribution in [3.8, 4) is 0 Å². The van der Waals surface area contributed by atoms with Gasteiger partial charge in [-0.05, 0) is 43.4 Å². The van der Waals surface area contributed by atoms with E-state index >= 15 is 0 Å². The van der Waals surface area contributed by atoms with Crippen molar-refractivity contribution in [3.63, 3.8) is 0 Å². The Hall–Kier alpha value is -1.06. The zero-order chi connectivity index (χ0) is 13.0. The maximum Gasteiger partial charge on any atom is 0.0761 e. The Balaban J connectivity index is 1.93. The second-order valence-electron chi connectivity index (χ2n) is 5.20. The highest BCUT2D eigenvalue weighted by Crippen LogP contribution is 2.21. The number of benzene rings is 1. The number of nitrogens with zero attached hydrogens (tertiary/aromatic N) is 1. The van der Waals surface area contributed by atoms with Crippen molar-refractivity contribution in [2.75, 3.05) is 31.7 Å². The summed E-state index contributed by atoms with van der Waals surface area (Å²) in [4.78, 5) is 2.29. The topological polar surface area (TPSA) is 32.7 Å². The minimum atomic E-state index is -0.389. The average Bonchev–Trinajstić information content (AvgIpc) is 2.40. The van der Waals surface area contributed by atoms with Gasteiger partial charge in [-0.3, -0.25) is 0 Å². The van der Waals surface area contributed by atoms with Gasteiger partial charge in [0.25, 0.3) is 0 Å². The van der Waals surface area contributed by atoms with Crippen molar-refractivity contribution in [2.45, 2.75) is 25.9 Å². The quantitative estimate of drug-likeness (QED) is 0.890. The van der Waals surface area contributed by atoms with E-state index in [1.807, 2.05) is 12.1 Å². The second-order valence-corrected chi connectivity index (χ2v) is 5.20. The largest absolute Gasteiger partial charge is 0.389 e. The van der Waals surface area contributed by atoms with Crippen molar-refractivity contribution in [3.05, 3.63) is 29.8 Å². The molecule has 18 heavy (non-hydrogen) atoms. The molecule has 0 saturated carbocycles. The number of ether oxygens (including phenoxy) is 1. The first-order valence-electron chi connectivity index (χ1n) is 6.73. The first-order chi connectivity index (χ1) is 8.66. The molecule has 1 atom stereocenters. The molecule has 1 aromatic carbocycles. The molecule has 1 aliphatic heterocycles. The Morgan fingerprint density at radius 2 is 1.89 bits per heavy atom. The highest BCUT2D eigenvalue weighted by Gasteiger charge is 2.16. The number of aliphatic hydroxyl groups excluding tert-OH is 1. The molecule has 0 radical (unpaired) electrons. The third-order valence-electron chi connectivity index (χ3n) is 3.69. The maximum atomic E-state index is 9.49. The van der Waals surface area contributed by atoms with Crippen LogP contribution in [0.2, 0.25) is 0 Å². The fraction of sp³-hybridized carbons (Fsp3) is 0.600. The summed E-state index contributed by atoms with van der Waals surface area (Å²) < 4.78 is 5.38. The van der Waals surface area contributed by atoms with E-state index in [-0.39, 0.29) is 6.10 Å². The molecule has 3 nitrogen and oxygen atoms in total. The summed E-state index contributed by atoms with van der Waals surface area (Å²) in [6, 6.07) is 8.17. The summed E-state index contributed by atoms with van der Waals surface area (Å²) >= 11 is 0. The first kappa shape index (κ1) is 13.4. The van der Waals surface area contributed by atoms with E-state index in [1.54, 1.807) is 6.92 Å². The van der Waals surface area contributed by atoms with Crippen molar-refractivity contribution in [2.24, 2.45) is 5.92 Å². The fourth-order valence-corrected chi connectivity index (χ4v) is 2.43. The number of anilines is 1. The summed E-state index contributed by atoms with van der Waals surface area (Å²) in [5.74, 6) is 0.736. The molecule has 1 aliphatic rings. The number of rotatable bonds is 4. The van der Waals surface area contributed by atoms with Crippen molar-refractivity contribution in [1.29, 1.82) is 0 Å². The van der Waals surface area contributed by atoms with E-state index in [1.165, 1.54) is 5.69 Å². The summed E-state index contributed by atoms with van der Waals surface area (Å²) in [7, 11) is 2.13. The lowest BCUT2D eigenvalue weighted by Crippen LogP contribution is -2.29. The predicted octanol–water partition coefficient (Wildman–Crippen LogP) is 2.60. The maximum absolute atomic E-state index is 9.49. The zero-order valence-corrected chi connectivity index (χ0v) is 11.3. The molecule has 2 rings (SSSR count). The molecule has 0 unspecified atom stereocenters. The molecule has 3 heteroatoms. The van der Waals surface area contributed by atoms with Gasteiger partial charge in [0.1, 0.15) is 0 Å². The molecular formula is C15H23NO2. The van der Waals surface area contributed by atoms with Crippen molar-refractivity contribution < 1.29 is 9.84 Å². The molecule has 1 saturated heterocycles. The molecule has 100 valence electrons. The van der Waals surface area contributed by atoms with Gasteiger partial charge >= 0.3 is 0 Å². The van der Waals surface area contributed by atoms with Gasteiger partial charge in [-0.1, -0.05) is 12.1 Å². The number of aliphatic hydroxyl groups is 1. The van der Waals surface area contributed by atoms with E-state index in [4.69, 9.17) is 4.74 Å². The number of hydrogen-bond donors (Lipinski definition) is 1. The molecule has 1 aromatic rings. The predicted molar refractivity (Wildman–Crippen MR) is 73.9 cm³/mol. The standard InChI is InChI=1S/C15H23NO2/c1-12(17)14-3-5-15(6-4-14)16(2)11-13-7-9-18-10-8-13/h3-6,12-13,17H,7-11H2,1-2H3/t12-/m1/s1. The zero-order valence-electron chi connectivity index (χ0n) is 11.3. The van der Waals surface area contributed by atoms with Gasteiger partial charge in [-0.25, -0.2) is 0 Å². The van der Waals surface area contributed by atoms with Gasteiger partial charge in [0.05, 0.1) is 6.10 Å². The molecule has 0 amide bonds. The Kier molecular flexibility index (Phi) is 4.61. The Labute approximate surface area is 109 Å². The lowest BCUT2D eigenvalue weighted by molar-refractivity contribution is 0.0685. The smallest absolute Gasteiger partial charge is 0.0761 e. The Bertz CT molecular complexity index is 355. The van der Waals surface area contributed by atoms with Crippen LogP contribution in [0.3, 0.4) is 0 Å². The monoisotopic (exact) mass is 249 g/mol. The van der Waals surface area contributed by atoms with Crippen LogP contribution in [-0.2, 0) is 4.74 Å². The lowest BCUT2D eigenvalue weighted by atomic mass is 9.99. The molecule has 0 spiro atoms. The third-order valence-corrected chi connectivity index (χ3v) is 3.69. The Morgan fingerprint density at radius 1 is 1.28 bits per heavy atom. The van der Waals surface area contributed by atoms with Gasteiger partial charge in [-0.2, -0.15) is 0 Å². The van der Waals surface area contributed by atoms with E-state index in [9.17, 15) is 5.11 Å². The van der Waals surface area contributed by atoms with Crippen LogP contribution < -0.4 is 4.90 Å². The van der Waals surface area contributed by atoms with E-state index in [0.717, 1.165) is 44.1 Å². The van der Waals surface area contributed by atoms with Gasteiger partial charge in [0.15, 0.2) is 0 Å². The summed E-state index contributed by atoms with van der Waals surface area (Å²) in [6.07, 6.45) is 1.94. The second kappa shape index (κ2) is 6.21. The van der Waals surface area contributed by atoms with E-state index in [2.05, 4.69) is 24.1 Å². The average molecular weight is 249 g/mol. The minimum Gasteiger partial charge on any atom is -0.389 e. The number of hydrogen-bond acceptors (Lipinski definition) is 3. The molecule has 1 N–H and O–H groups in total. The minimum absolute atomic E-state index is 0.389. The van der Waals surface area contributed by atoms with Gasteiger partial charge in [0.2, 0.25) is 0 Å². The molecule has 1 fully saturated rings. The van der Waals surface area contributed by atoms with Crippen LogP contribution in [0.15, 0.2) is 24.3 Å². The SMILES string of the molecule is C[C@@H](O)c1ccc(N(C)CC2CCOCC2)cc1. The molecular weight excluding hydrogens is 226 g/mol. The van der Waals surface area contributed by atoms with Crippen LogP contribution in [0, 0.1) is 5.92 Å². The van der Waals surface area contributed by atoms with Crippen LogP contribution in [0.25, 0.3) is 0 Å². The first-order valence-corrected chi connectivity index (χ1v) is 6.73. The van der Waals surface area contributed by atoms with Crippen LogP contribution >= 0.6 is 0 Å². The van der Waals surface area contributed by atoms with Gasteiger partial charge in [-0.15, -0.1) is 0 Å². The molecule has 0 aromatic heterocycles. The fourth-order valence-electron chi connectivity index (χ4n) is 2.43. The highest BCUT2D eigenvalue weighted by molar-refractivity contribution is 5.47. The van der Waals surface area contributed by atoms with Gasteiger partial charge in [0, 0.05) is 32.5 Å². The van der Waals surface area contributed by atoms with Crippen LogP contribution in [0.4, 0.5) is 5.69 Å².